The summed E-state index contributed by atoms with van der Waals surface area (Å²) in [6.07, 6.45) is 0.558. The van der Waals surface area contributed by atoms with E-state index in [0.717, 1.165) is 10.6 Å². The number of methoxy groups -OCH3 is 1. The lowest BCUT2D eigenvalue weighted by Crippen LogP contribution is -2.29. The Kier molecular flexibility index (Phi) is 6.93. The van der Waals surface area contributed by atoms with E-state index in [9.17, 15) is 9.59 Å². The quantitative estimate of drug-likeness (QED) is 0.744. The van der Waals surface area contributed by atoms with E-state index in [1.807, 2.05) is 24.3 Å². The molecule has 0 aliphatic heterocycles. The first kappa shape index (κ1) is 16.4. The van der Waals surface area contributed by atoms with E-state index in [1.54, 1.807) is 19.1 Å². The molecule has 0 spiro atoms. The molecule has 1 amide bonds. The zero-order chi connectivity index (χ0) is 15.0. The molecule has 0 aliphatic rings. The van der Waals surface area contributed by atoms with E-state index < -0.39 is 5.97 Å². The zero-order valence-electron chi connectivity index (χ0n) is 11.7. The highest BCUT2D eigenvalue weighted by atomic mass is 32.2. The molecule has 0 bridgehead atoms. The number of benzene rings is 1. The summed E-state index contributed by atoms with van der Waals surface area (Å²) in [5.74, 6) is 0.244. The van der Waals surface area contributed by atoms with Crippen LogP contribution in [-0.4, -0.2) is 48.3 Å². The van der Waals surface area contributed by atoms with E-state index in [0.29, 0.717) is 18.7 Å². The number of hydrogen-bond donors (Lipinski definition) is 1. The van der Waals surface area contributed by atoms with Gasteiger partial charge in [-0.25, -0.2) is 0 Å². The number of carbonyl (C=O) groups excluding carboxylic acids is 1. The number of hydrogen-bond acceptors (Lipinski definition) is 4. The van der Waals surface area contributed by atoms with Crippen molar-refractivity contribution < 1.29 is 19.4 Å². The Balaban J connectivity index is 2.36. The number of carboxylic acids is 1. The Bertz CT molecular complexity index is 464. The molecule has 1 N–H and O–H groups in total. The van der Waals surface area contributed by atoms with E-state index in [-0.39, 0.29) is 12.3 Å². The van der Waals surface area contributed by atoms with Crippen LogP contribution in [0.2, 0.25) is 0 Å². The minimum Gasteiger partial charge on any atom is -0.497 e. The number of thioether (sulfide) groups is 1. The van der Waals surface area contributed by atoms with Gasteiger partial charge < -0.3 is 14.7 Å². The van der Waals surface area contributed by atoms with Crippen LogP contribution in [0.1, 0.15) is 12.8 Å². The Morgan fingerprint density at radius 1 is 1.40 bits per heavy atom. The third-order valence-corrected chi connectivity index (χ3v) is 3.69. The summed E-state index contributed by atoms with van der Waals surface area (Å²) in [5, 5.41) is 8.55. The maximum Gasteiger partial charge on any atom is 0.303 e. The summed E-state index contributed by atoms with van der Waals surface area (Å²) in [5.41, 5.74) is 0. The molecule has 1 rings (SSSR count). The summed E-state index contributed by atoms with van der Waals surface area (Å²) in [6, 6.07) is 7.53. The SMILES string of the molecule is COc1cccc(SCC(=O)N(C)CCCC(=O)O)c1. The van der Waals surface area contributed by atoms with E-state index in [4.69, 9.17) is 9.84 Å². The van der Waals surface area contributed by atoms with Crippen molar-refractivity contribution in [3.05, 3.63) is 24.3 Å². The Labute approximate surface area is 122 Å². The van der Waals surface area contributed by atoms with E-state index in [1.165, 1.54) is 11.8 Å². The minimum atomic E-state index is -0.836. The van der Waals surface area contributed by atoms with Crippen molar-refractivity contribution >= 4 is 23.6 Å². The summed E-state index contributed by atoms with van der Waals surface area (Å²) < 4.78 is 5.12. The van der Waals surface area contributed by atoms with Crippen LogP contribution in [0.4, 0.5) is 0 Å². The molecule has 0 fully saturated rings. The maximum absolute atomic E-state index is 11.9. The van der Waals surface area contributed by atoms with Crippen molar-refractivity contribution in [3.8, 4) is 5.75 Å². The molecule has 0 aromatic heterocycles. The lowest BCUT2D eigenvalue weighted by atomic mass is 10.3. The van der Waals surface area contributed by atoms with Gasteiger partial charge in [-0.3, -0.25) is 9.59 Å². The third-order valence-electron chi connectivity index (χ3n) is 2.71. The van der Waals surface area contributed by atoms with E-state index in [2.05, 4.69) is 0 Å². The Morgan fingerprint density at radius 3 is 2.80 bits per heavy atom. The van der Waals surface area contributed by atoms with Gasteiger partial charge in [-0.2, -0.15) is 0 Å². The normalized spacial score (nSPS) is 10.1. The summed E-state index contributed by atoms with van der Waals surface area (Å²) >= 11 is 1.44. The van der Waals surface area contributed by atoms with Gasteiger partial charge in [0.05, 0.1) is 12.9 Å². The first-order valence-corrected chi connectivity index (χ1v) is 7.24. The molecule has 110 valence electrons. The summed E-state index contributed by atoms with van der Waals surface area (Å²) in [4.78, 5) is 24.8. The molecule has 1 aromatic rings. The topological polar surface area (TPSA) is 66.8 Å². The van der Waals surface area contributed by atoms with Gasteiger partial charge in [0.25, 0.3) is 0 Å². The molecule has 0 saturated heterocycles. The fraction of sp³-hybridized carbons (Fsp3) is 0.429. The van der Waals surface area contributed by atoms with Crippen molar-refractivity contribution in [1.29, 1.82) is 0 Å². The second-order valence-corrected chi connectivity index (χ2v) is 5.33. The highest BCUT2D eigenvalue weighted by molar-refractivity contribution is 8.00. The largest absolute Gasteiger partial charge is 0.497 e. The van der Waals surface area contributed by atoms with Crippen LogP contribution >= 0.6 is 11.8 Å². The second-order valence-electron chi connectivity index (χ2n) is 4.28. The van der Waals surface area contributed by atoms with Crippen LogP contribution in [0.15, 0.2) is 29.2 Å². The molecule has 0 unspecified atom stereocenters. The average Bonchev–Trinajstić information content (AvgIpc) is 2.44. The third kappa shape index (κ3) is 5.97. The molecular weight excluding hydrogens is 278 g/mol. The van der Waals surface area contributed by atoms with Crippen molar-refractivity contribution in [1.82, 2.24) is 4.90 Å². The van der Waals surface area contributed by atoms with Gasteiger partial charge in [-0.1, -0.05) is 6.07 Å². The van der Waals surface area contributed by atoms with Gasteiger partial charge in [0.15, 0.2) is 0 Å². The van der Waals surface area contributed by atoms with Crippen LogP contribution in [0, 0.1) is 0 Å². The highest BCUT2D eigenvalue weighted by Crippen LogP contribution is 2.22. The van der Waals surface area contributed by atoms with Crippen molar-refractivity contribution in [2.45, 2.75) is 17.7 Å². The van der Waals surface area contributed by atoms with Crippen molar-refractivity contribution in [2.24, 2.45) is 0 Å². The number of ether oxygens (including phenoxy) is 1. The van der Waals surface area contributed by atoms with Gasteiger partial charge in [0.2, 0.25) is 5.91 Å². The predicted molar refractivity (Wildman–Crippen MR) is 78.2 cm³/mol. The number of amides is 1. The summed E-state index contributed by atoms with van der Waals surface area (Å²) in [6.45, 7) is 0.462. The lowest BCUT2D eigenvalue weighted by Gasteiger charge is -2.16. The lowest BCUT2D eigenvalue weighted by molar-refractivity contribution is -0.137. The van der Waals surface area contributed by atoms with Gasteiger partial charge in [0, 0.05) is 24.9 Å². The molecular formula is C14H19NO4S. The molecule has 0 aliphatic carbocycles. The van der Waals surface area contributed by atoms with Crippen LogP contribution in [-0.2, 0) is 9.59 Å². The van der Waals surface area contributed by atoms with Gasteiger partial charge >= 0.3 is 5.97 Å². The smallest absolute Gasteiger partial charge is 0.303 e. The molecule has 1 aromatic carbocycles. The standard InChI is InChI=1S/C14H19NO4S/c1-15(8-4-7-14(17)18)13(16)10-20-12-6-3-5-11(9-12)19-2/h3,5-6,9H,4,7-8,10H2,1-2H3,(H,17,18). The Morgan fingerprint density at radius 2 is 2.15 bits per heavy atom. The number of rotatable bonds is 8. The number of nitrogens with zero attached hydrogens (tertiary/aromatic N) is 1. The molecule has 0 atom stereocenters. The van der Waals surface area contributed by atoms with Crippen LogP contribution in [0.5, 0.6) is 5.75 Å². The first-order chi connectivity index (χ1) is 9.52. The Hall–Kier alpha value is -1.69. The van der Waals surface area contributed by atoms with Crippen LogP contribution < -0.4 is 4.74 Å². The monoisotopic (exact) mass is 297 g/mol. The fourth-order valence-electron chi connectivity index (χ4n) is 1.54. The highest BCUT2D eigenvalue weighted by Gasteiger charge is 2.10. The molecule has 0 heterocycles. The fourth-order valence-corrected chi connectivity index (χ4v) is 2.42. The summed E-state index contributed by atoms with van der Waals surface area (Å²) in [7, 11) is 3.29. The van der Waals surface area contributed by atoms with E-state index >= 15 is 0 Å². The van der Waals surface area contributed by atoms with Crippen LogP contribution in [0.25, 0.3) is 0 Å². The van der Waals surface area contributed by atoms with Gasteiger partial charge in [-0.05, 0) is 24.6 Å². The predicted octanol–water partition coefficient (Wildman–Crippen LogP) is 2.11. The maximum atomic E-state index is 11.9. The van der Waals surface area contributed by atoms with Crippen molar-refractivity contribution in [2.75, 3.05) is 26.5 Å². The average molecular weight is 297 g/mol. The van der Waals surface area contributed by atoms with Gasteiger partial charge in [0.1, 0.15) is 5.75 Å². The van der Waals surface area contributed by atoms with Crippen molar-refractivity contribution in [3.63, 3.8) is 0 Å². The molecule has 5 nitrogen and oxygen atoms in total. The molecule has 0 radical (unpaired) electrons. The zero-order valence-corrected chi connectivity index (χ0v) is 12.5. The number of carbonyl (C=O) groups is 2. The molecule has 6 heteroatoms. The number of aliphatic carboxylic acids is 1. The minimum absolute atomic E-state index is 0.0109. The first-order valence-electron chi connectivity index (χ1n) is 6.25. The molecule has 0 saturated carbocycles. The number of carboxylic acid groups (broad SMARTS) is 1. The second kappa shape index (κ2) is 8.47. The van der Waals surface area contributed by atoms with Crippen LogP contribution in [0.3, 0.4) is 0 Å². The molecule has 20 heavy (non-hydrogen) atoms. The van der Waals surface area contributed by atoms with Gasteiger partial charge in [-0.15, -0.1) is 11.8 Å².